The molecule has 1 amide bonds. The molecule has 128 valence electrons. The molecule has 0 aliphatic carbocycles. The first-order chi connectivity index (χ1) is 12.1. The van der Waals surface area contributed by atoms with Gasteiger partial charge in [-0.2, -0.15) is 0 Å². The van der Waals surface area contributed by atoms with E-state index in [4.69, 9.17) is 21.1 Å². The molecule has 6 nitrogen and oxygen atoms in total. The van der Waals surface area contributed by atoms with Gasteiger partial charge >= 0.3 is 0 Å². The smallest absolute Gasteiger partial charge is 0.259 e. The van der Waals surface area contributed by atoms with Gasteiger partial charge in [0, 0.05) is 5.56 Å². The van der Waals surface area contributed by atoms with Crippen molar-refractivity contribution in [1.29, 1.82) is 0 Å². The van der Waals surface area contributed by atoms with Crippen LogP contribution in [0.1, 0.15) is 10.4 Å². The van der Waals surface area contributed by atoms with Crippen LogP contribution >= 0.6 is 22.9 Å². The van der Waals surface area contributed by atoms with E-state index in [1.165, 1.54) is 11.3 Å². The Morgan fingerprint density at radius 1 is 1.08 bits per heavy atom. The van der Waals surface area contributed by atoms with Crippen molar-refractivity contribution in [3.05, 3.63) is 53.1 Å². The molecule has 25 heavy (non-hydrogen) atoms. The number of aromatic nitrogens is 2. The van der Waals surface area contributed by atoms with E-state index in [1.54, 1.807) is 50.6 Å². The van der Waals surface area contributed by atoms with Crippen LogP contribution in [0.3, 0.4) is 0 Å². The highest BCUT2D eigenvalue weighted by Crippen LogP contribution is 2.34. The summed E-state index contributed by atoms with van der Waals surface area (Å²) in [7, 11) is 3.14. The minimum atomic E-state index is -0.333. The lowest BCUT2D eigenvalue weighted by Gasteiger charge is -2.07. The van der Waals surface area contributed by atoms with Crippen molar-refractivity contribution < 1.29 is 14.3 Å². The summed E-state index contributed by atoms with van der Waals surface area (Å²) in [6.45, 7) is 0. The summed E-state index contributed by atoms with van der Waals surface area (Å²) in [6, 6.07) is 12.3. The van der Waals surface area contributed by atoms with E-state index in [2.05, 4.69) is 15.5 Å². The number of nitrogens with zero attached hydrogens (tertiary/aromatic N) is 2. The number of halogens is 1. The summed E-state index contributed by atoms with van der Waals surface area (Å²) in [5, 5.41) is 12.2. The minimum absolute atomic E-state index is 0.333. The van der Waals surface area contributed by atoms with E-state index in [0.717, 1.165) is 5.56 Å². The number of methoxy groups -OCH3 is 2. The van der Waals surface area contributed by atoms with E-state index in [-0.39, 0.29) is 5.91 Å². The molecule has 0 fully saturated rings. The summed E-state index contributed by atoms with van der Waals surface area (Å²) in [5.41, 5.74) is 1.19. The number of carbonyl (C=O) groups excluding carboxylic acids is 1. The lowest BCUT2D eigenvalue weighted by atomic mass is 10.2. The largest absolute Gasteiger partial charge is 0.493 e. The highest BCUT2D eigenvalue weighted by atomic mass is 35.5. The average molecular weight is 376 g/mol. The Morgan fingerprint density at radius 2 is 1.84 bits per heavy atom. The first kappa shape index (κ1) is 17.2. The second-order valence-electron chi connectivity index (χ2n) is 4.92. The zero-order valence-corrected chi connectivity index (χ0v) is 15.0. The first-order valence-corrected chi connectivity index (χ1v) is 8.43. The monoisotopic (exact) mass is 375 g/mol. The molecule has 3 rings (SSSR count). The normalized spacial score (nSPS) is 10.4. The summed E-state index contributed by atoms with van der Waals surface area (Å²) in [6.07, 6.45) is 0. The van der Waals surface area contributed by atoms with Crippen LogP contribution in [0.4, 0.5) is 5.13 Å². The third-order valence-electron chi connectivity index (χ3n) is 3.39. The molecule has 0 saturated carbocycles. The molecular formula is C17H14ClN3O3S. The summed E-state index contributed by atoms with van der Waals surface area (Å²) in [4.78, 5) is 12.3. The van der Waals surface area contributed by atoms with Crippen molar-refractivity contribution in [2.24, 2.45) is 0 Å². The SMILES string of the molecule is COc1ccc(-c2nnc(NC(=O)c3ccccc3Cl)s2)cc1OC. The third-order valence-corrected chi connectivity index (χ3v) is 4.61. The van der Waals surface area contributed by atoms with Crippen LogP contribution in [0.2, 0.25) is 5.02 Å². The van der Waals surface area contributed by atoms with E-state index in [1.807, 2.05) is 6.07 Å². The maximum Gasteiger partial charge on any atom is 0.259 e. The fourth-order valence-corrected chi connectivity index (χ4v) is 3.13. The number of carbonyl (C=O) groups is 1. The number of amides is 1. The van der Waals surface area contributed by atoms with Crippen molar-refractivity contribution in [3.8, 4) is 22.1 Å². The number of benzene rings is 2. The molecule has 8 heteroatoms. The molecule has 2 aromatic carbocycles. The standard InChI is InChI=1S/C17H14ClN3O3S/c1-23-13-8-7-10(9-14(13)24-2)16-20-21-17(25-16)19-15(22)11-5-3-4-6-12(11)18/h3-9H,1-2H3,(H,19,21,22). The van der Waals surface area contributed by atoms with Crippen molar-refractivity contribution >= 4 is 34.0 Å². The fourth-order valence-electron chi connectivity index (χ4n) is 2.17. The Hall–Kier alpha value is -2.64. The van der Waals surface area contributed by atoms with Gasteiger partial charge in [-0.15, -0.1) is 10.2 Å². The lowest BCUT2D eigenvalue weighted by Crippen LogP contribution is -2.12. The van der Waals surface area contributed by atoms with Crippen molar-refractivity contribution in [1.82, 2.24) is 10.2 Å². The van der Waals surface area contributed by atoms with Gasteiger partial charge in [0.15, 0.2) is 11.5 Å². The number of nitrogens with one attached hydrogen (secondary N) is 1. The molecule has 0 radical (unpaired) electrons. The molecular weight excluding hydrogens is 362 g/mol. The highest BCUT2D eigenvalue weighted by Gasteiger charge is 2.14. The molecule has 0 unspecified atom stereocenters. The third kappa shape index (κ3) is 3.72. The van der Waals surface area contributed by atoms with Crippen molar-refractivity contribution in [3.63, 3.8) is 0 Å². The van der Waals surface area contributed by atoms with Crippen LogP contribution in [0.15, 0.2) is 42.5 Å². The van der Waals surface area contributed by atoms with E-state index in [9.17, 15) is 4.79 Å². The van der Waals surface area contributed by atoms with Gasteiger partial charge in [-0.05, 0) is 30.3 Å². The Morgan fingerprint density at radius 3 is 2.56 bits per heavy atom. The zero-order chi connectivity index (χ0) is 17.8. The molecule has 1 aromatic heterocycles. The lowest BCUT2D eigenvalue weighted by molar-refractivity contribution is 0.102. The molecule has 1 heterocycles. The van der Waals surface area contributed by atoms with Gasteiger partial charge in [0.2, 0.25) is 5.13 Å². The number of anilines is 1. The van der Waals surface area contributed by atoms with Crippen LogP contribution in [0, 0.1) is 0 Å². The Bertz CT molecular complexity index is 914. The predicted octanol–water partition coefficient (Wildman–Crippen LogP) is 4.13. The molecule has 0 bridgehead atoms. The van der Waals surface area contributed by atoms with Gasteiger partial charge < -0.3 is 9.47 Å². The quantitative estimate of drug-likeness (QED) is 0.725. The maximum atomic E-state index is 12.3. The van der Waals surface area contributed by atoms with Gasteiger partial charge in [0.1, 0.15) is 5.01 Å². The minimum Gasteiger partial charge on any atom is -0.493 e. The molecule has 3 aromatic rings. The van der Waals surface area contributed by atoms with E-state index in [0.29, 0.717) is 32.2 Å². The number of hydrogen-bond donors (Lipinski definition) is 1. The Kier molecular flexibility index (Phi) is 5.16. The van der Waals surface area contributed by atoms with Gasteiger partial charge in [-0.3, -0.25) is 10.1 Å². The van der Waals surface area contributed by atoms with Gasteiger partial charge in [0.25, 0.3) is 5.91 Å². The van der Waals surface area contributed by atoms with Crippen LogP contribution in [0.5, 0.6) is 11.5 Å². The summed E-state index contributed by atoms with van der Waals surface area (Å²) < 4.78 is 10.5. The van der Waals surface area contributed by atoms with Crippen LogP contribution < -0.4 is 14.8 Å². The summed E-state index contributed by atoms with van der Waals surface area (Å²) in [5.74, 6) is 0.889. The highest BCUT2D eigenvalue weighted by molar-refractivity contribution is 7.18. The number of ether oxygens (including phenoxy) is 2. The average Bonchev–Trinajstić information content (AvgIpc) is 3.09. The maximum absolute atomic E-state index is 12.3. The van der Waals surface area contributed by atoms with Gasteiger partial charge in [-0.25, -0.2) is 0 Å². The van der Waals surface area contributed by atoms with E-state index < -0.39 is 0 Å². The Labute approximate surface area is 153 Å². The number of rotatable bonds is 5. The van der Waals surface area contributed by atoms with Crippen molar-refractivity contribution in [2.75, 3.05) is 19.5 Å². The second kappa shape index (κ2) is 7.50. The Balaban J connectivity index is 1.81. The van der Waals surface area contributed by atoms with Crippen LogP contribution in [0.25, 0.3) is 10.6 Å². The molecule has 0 aliphatic rings. The first-order valence-electron chi connectivity index (χ1n) is 7.24. The molecule has 0 saturated heterocycles. The fraction of sp³-hybridized carbons (Fsp3) is 0.118. The van der Waals surface area contributed by atoms with Crippen LogP contribution in [-0.4, -0.2) is 30.3 Å². The predicted molar refractivity (Wildman–Crippen MR) is 97.9 cm³/mol. The molecule has 0 aliphatic heterocycles. The van der Waals surface area contributed by atoms with Gasteiger partial charge in [0.05, 0.1) is 24.8 Å². The zero-order valence-electron chi connectivity index (χ0n) is 13.4. The van der Waals surface area contributed by atoms with Gasteiger partial charge in [-0.1, -0.05) is 35.1 Å². The molecule has 1 N–H and O–H groups in total. The number of hydrogen-bond acceptors (Lipinski definition) is 6. The molecule has 0 spiro atoms. The second-order valence-corrected chi connectivity index (χ2v) is 6.30. The van der Waals surface area contributed by atoms with Crippen molar-refractivity contribution in [2.45, 2.75) is 0 Å². The van der Waals surface area contributed by atoms with Crippen LogP contribution in [-0.2, 0) is 0 Å². The molecule has 0 atom stereocenters. The van der Waals surface area contributed by atoms with E-state index >= 15 is 0 Å². The summed E-state index contributed by atoms with van der Waals surface area (Å²) >= 11 is 7.28. The topological polar surface area (TPSA) is 73.3 Å².